The van der Waals surface area contributed by atoms with E-state index in [1.54, 1.807) is 0 Å². The lowest BCUT2D eigenvalue weighted by Gasteiger charge is -2.10. The molecule has 0 unspecified atom stereocenters. The van der Waals surface area contributed by atoms with E-state index >= 15 is 0 Å². The van der Waals surface area contributed by atoms with Crippen LogP contribution in [0.1, 0.15) is 0 Å². The molecule has 3 heteroatoms. The molecule has 0 amide bonds. The van der Waals surface area contributed by atoms with Crippen LogP contribution in [0, 0.1) is 5.82 Å². The Hall–Kier alpha value is -2.83. The number of hydrogen-bond donors (Lipinski definition) is 0. The zero-order valence-electron chi connectivity index (χ0n) is 13.4. The molecule has 0 N–H and O–H groups in total. The third-order valence-electron chi connectivity index (χ3n) is 4.00. The van der Waals surface area contributed by atoms with Crippen LogP contribution in [-0.2, 0) is 0 Å². The van der Waals surface area contributed by atoms with E-state index < -0.39 is 0 Å². The molecule has 4 aromatic rings. The molecule has 120 valence electrons. The summed E-state index contributed by atoms with van der Waals surface area (Å²) in [6.45, 7) is 0. The van der Waals surface area contributed by atoms with Gasteiger partial charge in [-0.2, -0.15) is 0 Å². The highest BCUT2D eigenvalue weighted by molar-refractivity contribution is 7.37. The molecule has 2 aromatic carbocycles. The molecule has 2 heterocycles. The number of aromatic nitrogens is 1. The summed E-state index contributed by atoms with van der Waals surface area (Å²) in [5, 5.41) is 2.35. The molecule has 0 spiro atoms. The molecule has 0 aliphatic carbocycles. The minimum Gasteiger partial charge on any atom is -0.256 e. The molecule has 0 bridgehead atoms. The second kappa shape index (κ2) is 6.96. The van der Waals surface area contributed by atoms with Crippen molar-refractivity contribution in [1.82, 2.24) is 4.98 Å². The van der Waals surface area contributed by atoms with Crippen LogP contribution in [0.3, 0.4) is 0 Å². The van der Waals surface area contributed by atoms with Gasteiger partial charge in [0.15, 0.2) is 0 Å². The third kappa shape index (κ3) is 3.50. The van der Waals surface area contributed by atoms with E-state index in [0.29, 0.717) is 0 Å². The van der Waals surface area contributed by atoms with Crippen molar-refractivity contribution in [2.45, 2.75) is 0 Å². The maximum Gasteiger partial charge on any atom is 0.123 e. The van der Waals surface area contributed by atoms with E-state index in [9.17, 15) is 4.39 Å². The maximum atomic E-state index is 13.3. The van der Waals surface area contributed by atoms with Crippen LogP contribution in [0.5, 0.6) is 0 Å². The molecule has 0 saturated heterocycles. The predicted molar refractivity (Wildman–Crippen MR) is 103 cm³/mol. The lowest BCUT2D eigenvalue weighted by atomic mass is 10.0. The zero-order valence-corrected chi connectivity index (χ0v) is 14.3. The lowest BCUT2D eigenvalue weighted by molar-refractivity contribution is 0.628. The van der Waals surface area contributed by atoms with Gasteiger partial charge in [0.05, 0.1) is 5.69 Å². The van der Waals surface area contributed by atoms with Gasteiger partial charge < -0.3 is 0 Å². The normalized spacial score (nSPS) is 10.9. The molecule has 1 nitrogen and oxygen atoms in total. The number of benzene rings is 2. The van der Waals surface area contributed by atoms with Gasteiger partial charge in [-0.1, -0.05) is 56.7 Å². The summed E-state index contributed by atoms with van der Waals surface area (Å²) >= 11 is 0. The van der Waals surface area contributed by atoms with Crippen molar-refractivity contribution in [2.24, 2.45) is 0 Å². The highest BCUT2D eigenvalue weighted by Gasteiger charge is 2.08. The average Bonchev–Trinajstić information content (AvgIpc) is 2.69. The summed E-state index contributed by atoms with van der Waals surface area (Å²) in [7, 11) is 1.12. The average molecular weight is 343 g/mol. The molecular weight excluding hydrogens is 328 g/mol. The fraction of sp³-hybridized carbons (Fsp3) is 0. The number of hydrogen-bond acceptors (Lipinski definition) is 1. The summed E-state index contributed by atoms with van der Waals surface area (Å²) in [4.78, 5) is 4.50. The summed E-state index contributed by atoms with van der Waals surface area (Å²) in [5.41, 5.74) is 4.21. The highest BCUT2D eigenvalue weighted by Crippen LogP contribution is 2.40. The van der Waals surface area contributed by atoms with Gasteiger partial charge in [-0.25, -0.2) is 4.39 Å². The molecule has 0 fully saturated rings. The standard InChI is InChI=1S/C22H15FNP/c23-19-11-9-16(10-12-19)18-14-21(17-6-2-1-3-7-17)25-22(15-18)20-8-4-5-13-24-20/h1-15H. The number of pyridine rings is 1. The van der Waals surface area contributed by atoms with Gasteiger partial charge in [0.2, 0.25) is 0 Å². The molecule has 0 atom stereocenters. The zero-order chi connectivity index (χ0) is 17.1. The van der Waals surface area contributed by atoms with E-state index in [1.165, 1.54) is 23.0 Å². The lowest BCUT2D eigenvalue weighted by Crippen LogP contribution is -1.84. The van der Waals surface area contributed by atoms with E-state index in [4.69, 9.17) is 0 Å². The summed E-state index contributed by atoms with van der Waals surface area (Å²) < 4.78 is 13.3. The molecule has 0 radical (unpaired) electrons. The summed E-state index contributed by atoms with van der Waals surface area (Å²) in [5.74, 6) is -0.223. The van der Waals surface area contributed by atoms with E-state index in [2.05, 4.69) is 29.2 Å². The van der Waals surface area contributed by atoms with Gasteiger partial charge >= 0.3 is 0 Å². The molecule has 0 aliphatic heterocycles. The Morgan fingerprint density at radius 2 is 1.36 bits per heavy atom. The van der Waals surface area contributed by atoms with Gasteiger partial charge in [-0.3, -0.25) is 4.98 Å². The first-order valence-corrected chi connectivity index (χ1v) is 8.94. The van der Waals surface area contributed by atoms with E-state index in [1.807, 2.05) is 54.7 Å². The fourth-order valence-electron chi connectivity index (χ4n) is 2.74. The number of nitrogens with zero attached hydrogens (tertiary/aromatic N) is 1. The Morgan fingerprint density at radius 1 is 0.640 bits per heavy atom. The van der Waals surface area contributed by atoms with Crippen LogP contribution in [0.25, 0.3) is 33.0 Å². The van der Waals surface area contributed by atoms with Gasteiger partial charge in [0.25, 0.3) is 0 Å². The van der Waals surface area contributed by atoms with Crippen molar-refractivity contribution in [2.75, 3.05) is 0 Å². The number of halogens is 1. The molecule has 4 rings (SSSR count). The van der Waals surface area contributed by atoms with Crippen LogP contribution >= 0.6 is 8.19 Å². The Morgan fingerprint density at radius 3 is 2.08 bits per heavy atom. The molecule has 0 saturated carbocycles. The van der Waals surface area contributed by atoms with Crippen molar-refractivity contribution in [3.8, 4) is 33.0 Å². The van der Waals surface area contributed by atoms with Crippen LogP contribution in [0.2, 0.25) is 0 Å². The first kappa shape index (κ1) is 15.7. The summed E-state index contributed by atoms with van der Waals surface area (Å²) in [6, 6.07) is 27.2. The van der Waals surface area contributed by atoms with Crippen molar-refractivity contribution >= 4 is 8.19 Å². The van der Waals surface area contributed by atoms with Crippen molar-refractivity contribution in [3.05, 3.63) is 96.9 Å². The fourth-order valence-corrected chi connectivity index (χ4v) is 3.93. The molecule has 25 heavy (non-hydrogen) atoms. The topological polar surface area (TPSA) is 12.9 Å². The predicted octanol–water partition coefficient (Wildman–Crippen LogP) is 6.80. The van der Waals surface area contributed by atoms with Crippen molar-refractivity contribution in [3.63, 3.8) is 0 Å². The van der Waals surface area contributed by atoms with Crippen molar-refractivity contribution < 1.29 is 4.39 Å². The van der Waals surface area contributed by atoms with Crippen LogP contribution < -0.4 is 0 Å². The third-order valence-corrected chi connectivity index (χ3v) is 5.23. The van der Waals surface area contributed by atoms with Crippen LogP contribution in [-0.4, -0.2) is 4.98 Å². The second-order valence-electron chi connectivity index (χ2n) is 5.71. The Balaban J connectivity index is 1.90. The van der Waals surface area contributed by atoms with Gasteiger partial charge in [-0.15, -0.1) is 0 Å². The molecular formula is C22H15FNP. The van der Waals surface area contributed by atoms with Gasteiger partial charge in [-0.05, 0) is 53.1 Å². The Labute approximate surface area is 147 Å². The quantitative estimate of drug-likeness (QED) is 0.398. The smallest absolute Gasteiger partial charge is 0.123 e. The first-order chi connectivity index (χ1) is 12.3. The minimum absolute atomic E-state index is 0.223. The second-order valence-corrected chi connectivity index (χ2v) is 6.90. The van der Waals surface area contributed by atoms with E-state index in [0.717, 1.165) is 30.3 Å². The Kier molecular flexibility index (Phi) is 4.37. The SMILES string of the molecule is Fc1ccc(-c2cc(-c3ccccc3)pc(-c3ccccn3)c2)cc1. The minimum atomic E-state index is -0.223. The monoisotopic (exact) mass is 343 g/mol. The van der Waals surface area contributed by atoms with Gasteiger partial charge in [0.1, 0.15) is 5.82 Å². The van der Waals surface area contributed by atoms with E-state index in [-0.39, 0.29) is 5.82 Å². The van der Waals surface area contributed by atoms with Gasteiger partial charge in [0, 0.05) is 16.8 Å². The van der Waals surface area contributed by atoms with Crippen molar-refractivity contribution in [1.29, 1.82) is 0 Å². The summed E-state index contributed by atoms with van der Waals surface area (Å²) in [6.07, 6.45) is 1.81. The number of rotatable bonds is 3. The molecule has 0 aliphatic rings. The van der Waals surface area contributed by atoms with Crippen LogP contribution in [0.4, 0.5) is 4.39 Å². The molecule has 2 aromatic heterocycles. The highest BCUT2D eigenvalue weighted by atomic mass is 31.0. The first-order valence-electron chi connectivity index (χ1n) is 8.04. The largest absolute Gasteiger partial charge is 0.256 e. The van der Waals surface area contributed by atoms with Crippen LogP contribution in [0.15, 0.2) is 91.1 Å². The maximum absolute atomic E-state index is 13.3. The Bertz CT molecular complexity index is 926.